The van der Waals surface area contributed by atoms with Gasteiger partial charge in [-0.15, -0.1) is 0 Å². The smallest absolute Gasteiger partial charge is 0.305 e. The standard InChI is InChI=1S/C19H36O9/c1-2-3-4-5-6-7-8-9-15(22)26-12-13(10-20)27-19-18(25)17(24)16(23)14(11-21)28-19/h13-14,16-21,23-25H,2-12H2,1H3/t13?,14-,16-,17+,18-,19-/m1/s1. The van der Waals surface area contributed by atoms with E-state index in [0.717, 1.165) is 19.3 Å². The Labute approximate surface area is 166 Å². The van der Waals surface area contributed by atoms with E-state index in [2.05, 4.69) is 6.92 Å². The van der Waals surface area contributed by atoms with Gasteiger partial charge in [0, 0.05) is 6.42 Å². The number of rotatable bonds is 14. The molecule has 6 atom stereocenters. The first-order valence-corrected chi connectivity index (χ1v) is 10.2. The van der Waals surface area contributed by atoms with Crippen LogP contribution in [-0.2, 0) is 19.0 Å². The third-order valence-corrected chi connectivity index (χ3v) is 4.79. The van der Waals surface area contributed by atoms with E-state index in [1.807, 2.05) is 0 Å². The molecule has 28 heavy (non-hydrogen) atoms. The molecule has 0 aliphatic carbocycles. The van der Waals surface area contributed by atoms with Gasteiger partial charge in [-0.2, -0.15) is 0 Å². The topological polar surface area (TPSA) is 146 Å². The molecule has 0 amide bonds. The van der Waals surface area contributed by atoms with Crippen molar-refractivity contribution in [3.8, 4) is 0 Å². The molecule has 1 aliphatic rings. The molecule has 0 spiro atoms. The van der Waals surface area contributed by atoms with Gasteiger partial charge in [-0.25, -0.2) is 0 Å². The zero-order valence-corrected chi connectivity index (χ0v) is 16.6. The monoisotopic (exact) mass is 408 g/mol. The summed E-state index contributed by atoms with van der Waals surface area (Å²) in [6, 6.07) is 0. The minimum Gasteiger partial charge on any atom is -0.463 e. The maximum absolute atomic E-state index is 11.8. The van der Waals surface area contributed by atoms with Crippen LogP contribution in [0.3, 0.4) is 0 Å². The van der Waals surface area contributed by atoms with E-state index in [4.69, 9.17) is 19.3 Å². The summed E-state index contributed by atoms with van der Waals surface area (Å²) in [5.74, 6) is -0.399. The number of unbranched alkanes of at least 4 members (excludes halogenated alkanes) is 6. The summed E-state index contributed by atoms with van der Waals surface area (Å²) in [5, 5.41) is 48.0. The van der Waals surface area contributed by atoms with Crippen LogP contribution in [0.4, 0.5) is 0 Å². The van der Waals surface area contributed by atoms with Gasteiger partial charge in [-0.05, 0) is 6.42 Å². The van der Waals surface area contributed by atoms with Crippen molar-refractivity contribution in [3.05, 3.63) is 0 Å². The van der Waals surface area contributed by atoms with Gasteiger partial charge in [-0.1, -0.05) is 45.4 Å². The van der Waals surface area contributed by atoms with Crippen LogP contribution in [-0.4, -0.2) is 88.1 Å². The Hall–Kier alpha value is -0.810. The Morgan fingerprint density at radius 2 is 1.61 bits per heavy atom. The summed E-state index contributed by atoms with van der Waals surface area (Å²) in [7, 11) is 0. The van der Waals surface area contributed by atoms with Crippen molar-refractivity contribution in [2.24, 2.45) is 0 Å². The van der Waals surface area contributed by atoms with E-state index in [1.54, 1.807) is 0 Å². The zero-order valence-electron chi connectivity index (χ0n) is 16.6. The highest BCUT2D eigenvalue weighted by molar-refractivity contribution is 5.69. The SMILES string of the molecule is CCCCCCCCCC(=O)OCC(CO)O[C@@H]1O[C@H](CO)[C@@H](O)[C@H](O)[C@H]1O. The highest BCUT2D eigenvalue weighted by Gasteiger charge is 2.44. The van der Waals surface area contributed by atoms with Crippen LogP contribution >= 0.6 is 0 Å². The molecule has 1 heterocycles. The van der Waals surface area contributed by atoms with Crippen molar-refractivity contribution in [3.63, 3.8) is 0 Å². The first-order chi connectivity index (χ1) is 13.4. The quantitative estimate of drug-likeness (QED) is 0.196. The number of carbonyl (C=O) groups is 1. The first kappa shape index (κ1) is 25.2. The third-order valence-electron chi connectivity index (χ3n) is 4.79. The highest BCUT2D eigenvalue weighted by Crippen LogP contribution is 2.23. The average molecular weight is 408 g/mol. The molecule has 1 unspecified atom stereocenters. The Morgan fingerprint density at radius 1 is 0.964 bits per heavy atom. The number of esters is 1. The van der Waals surface area contributed by atoms with Crippen molar-refractivity contribution in [2.75, 3.05) is 19.8 Å². The van der Waals surface area contributed by atoms with Gasteiger partial charge < -0.3 is 39.7 Å². The fourth-order valence-corrected chi connectivity index (χ4v) is 2.99. The molecule has 0 radical (unpaired) electrons. The van der Waals surface area contributed by atoms with Crippen molar-refractivity contribution in [2.45, 2.75) is 95.1 Å². The highest BCUT2D eigenvalue weighted by atomic mass is 16.7. The van der Waals surface area contributed by atoms with Gasteiger partial charge in [0.1, 0.15) is 37.1 Å². The molecule has 0 aromatic rings. The summed E-state index contributed by atoms with van der Waals surface area (Å²) in [6.07, 6.45) is -0.210. The Balaban J connectivity index is 2.29. The Bertz CT molecular complexity index is 418. The number of hydrogen-bond acceptors (Lipinski definition) is 9. The fraction of sp³-hybridized carbons (Fsp3) is 0.947. The third kappa shape index (κ3) is 8.69. The molecule has 9 nitrogen and oxygen atoms in total. The molecule has 0 saturated carbocycles. The van der Waals surface area contributed by atoms with E-state index in [-0.39, 0.29) is 13.0 Å². The summed E-state index contributed by atoms with van der Waals surface area (Å²) >= 11 is 0. The predicted octanol–water partition coefficient (Wildman–Crippen LogP) is -0.152. The molecular weight excluding hydrogens is 372 g/mol. The van der Waals surface area contributed by atoms with Crippen molar-refractivity contribution in [1.82, 2.24) is 0 Å². The van der Waals surface area contributed by atoms with Crippen LogP contribution in [0, 0.1) is 0 Å². The lowest BCUT2D eigenvalue weighted by Crippen LogP contribution is -2.60. The largest absolute Gasteiger partial charge is 0.463 e. The molecule has 1 saturated heterocycles. The molecule has 1 rings (SSSR count). The lowest BCUT2D eigenvalue weighted by molar-refractivity contribution is -0.315. The minimum atomic E-state index is -1.57. The van der Waals surface area contributed by atoms with Gasteiger partial charge >= 0.3 is 5.97 Å². The maximum Gasteiger partial charge on any atom is 0.305 e. The van der Waals surface area contributed by atoms with E-state index in [9.17, 15) is 25.2 Å². The summed E-state index contributed by atoms with van der Waals surface area (Å²) < 4.78 is 15.7. The summed E-state index contributed by atoms with van der Waals surface area (Å²) in [6.45, 7) is 0.847. The van der Waals surface area contributed by atoms with E-state index >= 15 is 0 Å². The van der Waals surface area contributed by atoms with Crippen molar-refractivity contribution < 1.29 is 44.5 Å². The van der Waals surface area contributed by atoms with Gasteiger partial charge in [0.25, 0.3) is 0 Å². The molecule has 5 N–H and O–H groups in total. The van der Waals surface area contributed by atoms with Crippen LogP contribution in [0.15, 0.2) is 0 Å². The normalized spacial score (nSPS) is 28.9. The zero-order chi connectivity index (χ0) is 20.9. The van der Waals surface area contributed by atoms with Gasteiger partial charge in [-0.3, -0.25) is 4.79 Å². The Kier molecular flexibility index (Phi) is 12.8. The number of aliphatic hydroxyl groups excluding tert-OH is 5. The Morgan fingerprint density at radius 3 is 2.21 bits per heavy atom. The van der Waals surface area contributed by atoms with Gasteiger partial charge in [0.15, 0.2) is 6.29 Å². The van der Waals surface area contributed by atoms with Gasteiger partial charge in [0.2, 0.25) is 0 Å². The molecule has 1 fully saturated rings. The summed E-state index contributed by atoms with van der Waals surface area (Å²) in [5.41, 5.74) is 0. The van der Waals surface area contributed by atoms with Crippen LogP contribution in [0.25, 0.3) is 0 Å². The predicted molar refractivity (Wildman–Crippen MR) is 99.3 cm³/mol. The van der Waals surface area contributed by atoms with Gasteiger partial charge in [0.05, 0.1) is 13.2 Å². The molecule has 0 bridgehead atoms. The lowest BCUT2D eigenvalue weighted by Gasteiger charge is -2.40. The molecular formula is C19H36O9. The second kappa shape index (κ2) is 14.2. The average Bonchev–Trinajstić information content (AvgIpc) is 2.70. The molecule has 166 valence electrons. The van der Waals surface area contributed by atoms with Crippen LogP contribution in [0.5, 0.6) is 0 Å². The van der Waals surface area contributed by atoms with E-state index < -0.39 is 56.0 Å². The minimum absolute atomic E-state index is 0.235. The number of carbonyl (C=O) groups excluding carboxylic acids is 1. The maximum atomic E-state index is 11.8. The molecule has 0 aromatic heterocycles. The lowest BCUT2D eigenvalue weighted by atomic mass is 9.99. The summed E-state index contributed by atoms with van der Waals surface area (Å²) in [4.78, 5) is 11.8. The van der Waals surface area contributed by atoms with E-state index in [1.165, 1.54) is 25.7 Å². The van der Waals surface area contributed by atoms with Crippen LogP contribution < -0.4 is 0 Å². The second-order valence-electron chi connectivity index (χ2n) is 7.19. The number of ether oxygens (including phenoxy) is 3. The first-order valence-electron chi connectivity index (χ1n) is 10.2. The van der Waals surface area contributed by atoms with Crippen LogP contribution in [0.2, 0.25) is 0 Å². The molecule has 0 aromatic carbocycles. The van der Waals surface area contributed by atoms with Crippen molar-refractivity contribution >= 4 is 5.97 Å². The second-order valence-corrected chi connectivity index (χ2v) is 7.19. The van der Waals surface area contributed by atoms with Crippen LogP contribution in [0.1, 0.15) is 58.3 Å². The molecule has 1 aliphatic heterocycles. The van der Waals surface area contributed by atoms with E-state index in [0.29, 0.717) is 0 Å². The number of aliphatic hydroxyl groups is 5. The van der Waals surface area contributed by atoms with Crippen molar-refractivity contribution in [1.29, 1.82) is 0 Å². The molecule has 9 heteroatoms. The fourth-order valence-electron chi connectivity index (χ4n) is 2.99. The number of hydrogen-bond donors (Lipinski definition) is 5.